The molecule has 31 heavy (non-hydrogen) atoms. The summed E-state index contributed by atoms with van der Waals surface area (Å²) in [5.41, 5.74) is 2.13. The van der Waals surface area contributed by atoms with Crippen molar-refractivity contribution in [1.82, 2.24) is 19.9 Å². The van der Waals surface area contributed by atoms with Gasteiger partial charge in [0, 0.05) is 24.5 Å². The molecule has 1 amide bonds. The SMILES string of the molecule is O=C(c1ccc2c(c1)OCCO2)N1CCO[C@H](c2ccc(Nc3cnccn3)cn2)C1. The molecule has 3 aromatic rings. The van der Waals surface area contributed by atoms with Crippen LogP contribution in [0, 0.1) is 0 Å². The third-order valence-electron chi connectivity index (χ3n) is 5.09. The Bertz CT molecular complexity index is 1060. The first-order chi connectivity index (χ1) is 15.3. The van der Waals surface area contributed by atoms with Crippen LogP contribution in [0.5, 0.6) is 11.5 Å². The predicted octanol–water partition coefficient (Wildman–Crippen LogP) is 2.60. The van der Waals surface area contributed by atoms with E-state index >= 15 is 0 Å². The monoisotopic (exact) mass is 419 g/mol. The Kier molecular flexibility index (Phi) is 5.32. The lowest BCUT2D eigenvalue weighted by molar-refractivity contribution is -0.0247. The van der Waals surface area contributed by atoms with E-state index in [1.54, 1.807) is 47.9 Å². The first kappa shape index (κ1) is 19.3. The van der Waals surface area contributed by atoms with Crippen molar-refractivity contribution < 1.29 is 19.0 Å². The maximum absolute atomic E-state index is 13.1. The number of carbonyl (C=O) groups excluding carboxylic acids is 1. The molecule has 0 spiro atoms. The van der Waals surface area contributed by atoms with Crippen LogP contribution in [0.2, 0.25) is 0 Å². The maximum Gasteiger partial charge on any atom is 0.254 e. The molecular weight excluding hydrogens is 398 g/mol. The number of nitrogens with zero attached hydrogens (tertiary/aromatic N) is 4. The molecule has 0 unspecified atom stereocenters. The minimum atomic E-state index is -0.291. The van der Waals surface area contributed by atoms with Crippen LogP contribution < -0.4 is 14.8 Å². The number of nitrogens with one attached hydrogen (secondary N) is 1. The van der Waals surface area contributed by atoms with E-state index in [1.807, 2.05) is 12.1 Å². The van der Waals surface area contributed by atoms with Crippen molar-refractivity contribution in [3.05, 3.63) is 66.4 Å². The molecule has 1 atom stereocenters. The Balaban J connectivity index is 1.26. The topological polar surface area (TPSA) is 98.7 Å². The molecule has 158 valence electrons. The van der Waals surface area contributed by atoms with Crippen LogP contribution in [-0.4, -0.2) is 58.7 Å². The summed E-state index contributed by atoms with van der Waals surface area (Å²) < 4.78 is 17.0. The molecule has 9 nitrogen and oxygen atoms in total. The minimum Gasteiger partial charge on any atom is -0.486 e. The van der Waals surface area contributed by atoms with Gasteiger partial charge in [-0.05, 0) is 30.3 Å². The van der Waals surface area contributed by atoms with E-state index in [0.29, 0.717) is 55.8 Å². The number of rotatable bonds is 4. The number of fused-ring (bicyclic) bond motifs is 1. The summed E-state index contributed by atoms with van der Waals surface area (Å²) in [6.07, 6.45) is 6.30. The number of aromatic nitrogens is 3. The number of hydrogen-bond acceptors (Lipinski definition) is 8. The lowest BCUT2D eigenvalue weighted by atomic mass is 10.1. The van der Waals surface area contributed by atoms with Crippen molar-refractivity contribution in [2.24, 2.45) is 0 Å². The molecule has 2 aromatic heterocycles. The number of amides is 1. The van der Waals surface area contributed by atoms with Gasteiger partial charge < -0.3 is 24.4 Å². The summed E-state index contributed by atoms with van der Waals surface area (Å²) in [6, 6.07) is 9.09. The summed E-state index contributed by atoms with van der Waals surface area (Å²) in [7, 11) is 0. The van der Waals surface area contributed by atoms with Crippen molar-refractivity contribution in [2.45, 2.75) is 6.10 Å². The smallest absolute Gasteiger partial charge is 0.254 e. The number of ether oxygens (including phenoxy) is 3. The van der Waals surface area contributed by atoms with Gasteiger partial charge in [-0.3, -0.25) is 14.8 Å². The standard InChI is InChI=1S/C22H21N5O4/c28-22(15-1-4-18-19(11-15)31-10-9-30-18)27-7-8-29-20(14-27)17-3-2-16(12-25-17)26-21-13-23-5-6-24-21/h1-6,11-13,20H,7-10,14H2,(H,24,26)/t20-/m0/s1. The molecule has 1 aromatic carbocycles. The number of hydrogen-bond donors (Lipinski definition) is 1. The first-order valence-corrected chi connectivity index (χ1v) is 10.1. The Morgan fingerprint density at radius 1 is 1.00 bits per heavy atom. The van der Waals surface area contributed by atoms with E-state index in [-0.39, 0.29) is 12.0 Å². The normalized spacial score (nSPS) is 17.8. The predicted molar refractivity (Wildman–Crippen MR) is 112 cm³/mol. The fourth-order valence-electron chi connectivity index (χ4n) is 3.55. The summed E-state index contributed by atoms with van der Waals surface area (Å²) in [5, 5.41) is 3.14. The molecule has 0 saturated carbocycles. The van der Waals surface area contributed by atoms with Crippen LogP contribution >= 0.6 is 0 Å². The molecule has 0 bridgehead atoms. The van der Waals surface area contributed by atoms with E-state index < -0.39 is 0 Å². The van der Waals surface area contributed by atoms with Gasteiger partial charge >= 0.3 is 0 Å². The molecule has 0 radical (unpaired) electrons. The number of anilines is 2. The van der Waals surface area contributed by atoms with Crippen LogP contribution in [0.4, 0.5) is 11.5 Å². The van der Waals surface area contributed by atoms with Crippen molar-refractivity contribution in [1.29, 1.82) is 0 Å². The summed E-state index contributed by atoms with van der Waals surface area (Å²) >= 11 is 0. The number of pyridine rings is 1. The molecule has 1 saturated heterocycles. The van der Waals surface area contributed by atoms with Crippen LogP contribution in [0.25, 0.3) is 0 Å². The fourth-order valence-corrected chi connectivity index (χ4v) is 3.55. The lowest BCUT2D eigenvalue weighted by Gasteiger charge is -2.33. The highest BCUT2D eigenvalue weighted by molar-refractivity contribution is 5.95. The molecular formula is C22H21N5O4. The highest BCUT2D eigenvalue weighted by Crippen LogP contribution is 2.32. The molecule has 1 N–H and O–H groups in total. The van der Waals surface area contributed by atoms with Gasteiger partial charge in [-0.25, -0.2) is 4.98 Å². The average Bonchev–Trinajstić information content (AvgIpc) is 2.84. The van der Waals surface area contributed by atoms with Crippen molar-refractivity contribution in [3.63, 3.8) is 0 Å². The number of morpholine rings is 1. The van der Waals surface area contributed by atoms with E-state index in [0.717, 1.165) is 11.4 Å². The second-order valence-electron chi connectivity index (χ2n) is 7.16. The van der Waals surface area contributed by atoms with Gasteiger partial charge in [-0.15, -0.1) is 0 Å². The fraction of sp³-hybridized carbons (Fsp3) is 0.273. The Morgan fingerprint density at radius 2 is 1.90 bits per heavy atom. The summed E-state index contributed by atoms with van der Waals surface area (Å²) in [6.45, 7) is 2.40. The van der Waals surface area contributed by atoms with Gasteiger partial charge in [0.2, 0.25) is 0 Å². The van der Waals surface area contributed by atoms with Crippen molar-refractivity contribution in [2.75, 3.05) is 38.2 Å². The zero-order chi connectivity index (χ0) is 21.0. The van der Waals surface area contributed by atoms with Crippen molar-refractivity contribution in [3.8, 4) is 11.5 Å². The van der Waals surface area contributed by atoms with Gasteiger partial charge in [-0.2, -0.15) is 0 Å². The molecule has 1 fully saturated rings. The van der Waals surface area contributed by atoms with E-state index in [2.05, 4.69) is 20.3 Å². The number of benzene rings is 1. The van der Waals surface area contributed by atoms with Gasteiger partial charge in [0.05, 0.1) is 36.9 Å². The van der Waals surface area contributed by atoms with Crippen molar-refractivity contribution >= 4 is 17.4 Å². The minimum absolute atomic E-state index is 0.0637. The van der Waals surface area contributed by atoms with Gasteiger partial charge in [0.1, 0.15) is 25.1 Å². The molecule has 2 aliphatic heterocycles. The highest BCUT2D eigenvalue weighted by Gasteiger charge is 2.28. The molecule has 2 aliphatic rings. The van der Waals surface area contributed by atoms with Gasteiger partial charge in [0.25, 0.3) is 5.91 Å². The zero-order valence-electron chi connectivity index (χ0n) is 16.7. The first-order valence-electron chi connectivity index (χ1n) is 10.1. The van der Waals surface area contributed by atoms with E-state index in [1.165, 1.54) is 0 Å². The summed E-state index contributed by atoms with van der Waals surface area (Å²) in [4.78, 5) is 27.6. The molecule has 9 heteroatoms. The Labute approximate surface area is 179 Å². The van der Waals surface area contributed by atoms with Crippen LogP contribution in [0.3, 0.4) is 0 Å². The average molecular weight is 419 g/mol. The Hall–Kier alpha value is -3.72. The summed E-state index contributed by atoms with van der Waals surface area (Å²) in [5.74, 6) is 1.85. The van der Waals surface area contributed by atoms with Gasteiger partial charge in [-0.1, -0.05) is 0 Å². The second kappa shape index (κ2) is 8.57. The third kappa shape index (κ3) is 4.26. The highest BCUT2D eigenvalue weighted by atomic mass is 16.6. The largest absolute Gasteiger partial charge is 0.486 e. The Morgan fingerprint density at radius 3 is 2.71 bits per heavy atom. The zero-order valence-corrected chi connectivity index (χ0v) is 16.7. The molecule has 5 rings (SSSR count). The van der Waals surface area contributed by atoms with Gasteiger partial charge in [0.15, 0.2) is 11.5 Å². The quantitative estimate of drug-likeness (QED) is 0.689. The molecule has 0 aliphatic carbocycles. The van der Waals surface area contributed by atoms with Crippen LogP contribution in [0.1, 0.15) is 22.2 Å². The van der Waals surface area contributed by atoms with E-state index in [4.69, 9.17) is 14.2 Å². The van der Waals surface area contributed by atoms with Crippen LogP contribution in [-0.2, 0) is 4.74 Å². The van der Waals surface area contributed by atoms with Crippen LogP contribution in [0.15, 0.2) is 55.1 Å². The maximum atomic E-state index is 13.1. The second-order valence-corrected chi connectivity index (χ2v) is 7.16. The molecule has 4 heterocycles. The number of carbonyl (C=O) groups is 1. The lowest BCUT2D eigenvalue weighted by Crippen LogP contribution is -2.42. The van der Waals surface area contributed by atoms with E-state index in [9.17, 15) is 4.79 Å². The third-order valence-corrected chi connectivity index (χ3v) is 5.09.